The van der Waals surface area contributed by atoms with Gasteiger partial charge >= 0.3 is 0 Å². The summed E-state index contributed by atoms with van der Waals surface area (Å²) in [6.45, 7) is 17.8. The molecular weight excluding hydrogens is 1750 g/mol. The molecule has 0 bridgehead atoms. The standard InChI is InChI=1S/C28H31N7O.C26H30N8O.C26H29N7O.C25H27N7O2/c36-28(31-23-6-7-24(30-17-23)19-35-11-4-12-35)27-25-14-21(5-8-26(25)32-33-27)22-13-20(15-29-16-22)18-34-9-2-1-3-10-34;1-32(2)17-18-12-20(15-27-14-18)19-4-6-23-22(13-19)25(31-30-23)26(35)29-21-5-7-24(28-16-21)34-10-8-33(3)9-11-34;1-32(2)17-18-12-20(15-27-14-18)19-6-8-23-22(13-19)25(31-30-23)26(34)29-21-7-9-24(28-16-21)33-10-4-3-5-11-33;1-31(2)16-17-11-19(14-26-13-17)18-3-5-22-21(12-18)24(30-29-22)25(33)28-20-4-6-23(27-15-20)32-7-9-34-10-8-32/h5-8,13-17H,1-4,9-12,18-19H2,(H,31,36)(H,32,33);4-7,12-16H,8-11,17H2,1-3H3,(H,29,35)(H,30,31);6-9,12-16H,3-5,10-11,17H2,1-2H3,(H,29,34)(H,30,31);3-6,11-15H,7-10,16H2,1-2H3,(H,28,33)(H,29,30). The molecule has 139 heavy (non-hydrogen) atoms. The van der Waals surface area contributed by atoms with Gasteiger partial charge in [0.2, 0.25) is 0 Å². The number of amides is 4. The first kappa shape index (κ1) is 94.3. The molecule has 21 rings (SSSR count). The Morgan fingerprint density at radius 2 is 0.626 bits per heavy atom. The zero-order chi connectivity index (χ0) is 95.7. The van der Waals surface area contributed by atoms with Gasteiger partial charge in [-0.15, -0.1) is 0 Å². The number of likely N-dealkylation sites (tertiary alicyclic amines) is 2. The van der Waals surface area contributed by atoms with E-state index in [0.717, 1.165) is 239 Å². The number of carbonyl (C=O) groups is 4. The van der Waals surface area contributed by atoms with Gasteiger partial charge in [0.15, 0.2) is 22.8 Å². The molecule has 4 aromatic carbocycles. The highest BCUT2D eigenvalue weighted by atomic mass is 16.5. The van der Waals surface area contributed by atoms with E-state index in [1.165, 1.54) is 50.5 Å². The van der Waals surface area contributed by atoms with Crippen LogP contribution in [0, 0.1) is 0 Å². The number of pyridine rings is 8. The molecule has 4 amide bonds. The Bertz CT molecular complexity index is 6710. The number of piperazine rings is 1. The number of benzene rings is 4. The molecule has 17 heterocycles. The van der Waals surface area contributed by atoms with Gasteiger partial charge in [0, 0.05) is 178 Å². The van der Waals surface area contributed by atoms with Crippen molar-refractivity contribution in [2.75, 3.05) is 177 Å². The van der Waals surface area contributed by atoms with Crippen molar-refractivity contribution in [1.82, 2.24) is 110 Å². The number of likely N-dealkylation sites (N-methyl/N-ethyl adjacent to an activating group) is 1. The number of H-pyrrole nitrogens is 4. The number of ether oxygens (including phenoxy) is 1. The number of carbonyl (C=O) groups excluding carboxylic acids is 4. The van der Waals surface area contributed by atoms with Gasteiger partial charge in [-0.3, -0.25) is 74.3 Å². The Morgan fingerprint density at radius 1 is 0.309 bits per heavy atom. The molecule has 0 spiro atoms. The van der Waals surface area contributed by atoms with E-state index in [0.29, 0.717) is 58.7 Å². The summed E-state index contributed by atoms with van der Waals surface area (Å²) in [6.07, 6.45) is 30.6. The summed E-state index contributed by atoms with van der Waals surface area (Å²) in [5, 5.41) is 43.8. The molecule has 34 nitrogen and oxygen atoms in total. The van der Waals surface area contributed by atoms with Gasteiger partial charge in [-0.1, -0.05) is 30.7 Å². The van der Waals surface area contributed by atoms with Crippen LogP contribution in [-0.4, -0.2) is 275 Å². The van der Waals surface area contributed by atoms with E-state index >= 15 is 0 Å². The third-order valence-corrected chi connectivity index (χ3v) is 25.3. The molecule has 0 unspecified atom stereocenters. The number of aromatic nitrogens is 16. The summed E-state index contributed by atoms with van der Waals surface area (Å²) < 4.78 is 5.39. The van der Waals surface area contributed by atoms with Crippen molar-refractivity contribution >= 4 is 107 Å². The van der Waals surface area contributed by atoms with Gasteiger partial charge in [-0.25, -0.2) is 15.0 Å². The van der Waals surface area contributed by atoms with Gasteiger partial charge in [-0.2, -0.15) is 20.4 Å². The van der Waals surface area contributed by atoms with E-state index < -0.39 is 0 Å². The monoisotopic (exact) mass is 1860 g/mol. The number of hydrogen-bond acceptors (Lipinski definition) is 26. The molecule has 5 fully saturated rings. The maximum atomic E-state index is 13.1. The Labute approximate surface area is 806 Å². The molecule has 0 atom stereocenters. The highest BCUT2D eigenvalue weighted by Crippen LogP contribution is 2.34. The van der Waals surface area contributed by atoms with E-state index in [1.807, 2.05) is 213 Å². The number of hydrogen-bond donors (Lipinski definition) is 8. The normalized spacial score (nSPS) is 14.8. The van der Waals surface area contributed by atoms with Crippen LogP contribution in [-0.2, 0) is 37.5 Å². The maximum absolute atomic E-state index is 13.1. The minimum atomic E-state index is -0.288. The lowest BCUT2D eigenvalue weighted by atomic mass is 10.0. The van der Waals surface area contributed by atoms with Crippen molar-refractivity contribution in [2.24, 2.45) is 0 Å². The van der Waals surface area contributed by atoms with Crippen molar-refractivity contribution in [2.45, 2.75) is 77.7 Å². The first-order valence-electron chi connectivity index (χ1n) is 47.5. The zero-order valence-electron chi connectivity index (χ0n) is 79.6. The van der Waals surface area contributed by atoms with Crippen molar-refractivity contribution in [1.29, 1.82) is 0 Å². The molecular formula is C105H117N29O5. The van der Waals surface area contributed by atoms with Crippen molar-refractivity contribution in [3.8, 4) is 44.5 Å². The highest BCUT2D eigenvalue weighted by Gasteiger charge is 2.26. The van der Waals surface area contributed by atoms with Crippen LogP contribution in [0.3, 0.4) is 0 Å². The number of aromatic amines is 4. The minimum absolute atomic E-state index is 0.257. The number of fused-ring (bicyclic) bond motifs is 4. The number of anilines is 7. The van der Waals surface area contributed by atoms with E-state index in [-0.39, 0.29) is 23.6 Å². The second-order valence-electron chi connectivity index (χ2n) is 36.8. The Hall–Kier alpha value is -15.0. The van der Waals surface area contributed by atoms with Gasteiger partial charge in [0.25, 0.3) is 23.6 Å². The molecule has 0 radical (unpaired) electrons. The van der Waals surface area contributed by atoms with Gasteiger partial charge < -0.3 is 60.3 Å². The Morgan fingerprint density at radius 3 is 0.957 bits per heavy atom. The lowest BCUT2D eigenvalue weighted by Crippen LogP contribution is -2.44. The summed E-state index contributed by atoms with van der Waals surface area (Å²) in [4.78, 5) is 108. The molecule has 5 saturated heterocycles. The summed E-state index contributed by atoms with van der Waals surface area (Å²) in [5.74, 6) is 1.67. The third-order valence-electron chi connectivity index (χ3n) is 25.3. The number of rotatable bonds is 25. The first-order valence-corrected chi connectivity index (χ1v) is 47.5. The quantitative estimate of drug-likeness (QED) is 0.0263. The fourth-order valence-corrected chi connectivity index (χ4v) is 17.9. The molecule has 712 valence electrons. The van der Waals surface area contributed by atoms with E-state index in [2.05, 4.69) is 177 Å². The van der Waals surface area contributed by atoms with Gasteiger partial charge in [-0.05, 0) is 280 Å². The summed E-state index contributed by atoms with van der Waals surface area (Å²) in [5.41, 5.74) is 20.9. The van der Waals surface area contributed by atoms with E-state index in [1.54, 1.807) is 24.8 Å². The number of nitrogens with one attached hydrogen (secondary N) is 8. The molecule has 5 aliphatic rings. The van der Waals surface area contributed by atoms with Crippen LogP contribution in [0.5, 0.6) is 0 Å². The molecule has 34 heteroatoms. The second kappa shape index (κ2) is 44.4. The molecule has 12 aromatic heterocycles. The maximum Gasteiger partial charge on any atom is 0.276 e. The smallest absolute Gasteiger partial charge is 0.276 e. The lowest BCUT2D eigenvalue weighted by molar-refractivity contribution is 0.101. The summed E-state index contributed by atoms with van der Waals surface area (Å²) in [6, 6.07) is 47.8. The highest BCUT2D eigenvalue weighted by molar-refractivity contribution is 6.14. The molecule has 8 N–H and O–H groups in total. The van der Waals surface area contributed by atoms with E-state index in [9.17, 15) is 19.2 Å². The Kier molecular flexibility index (Phi) is 30.1. The molecule has 5 aliphatic heterocycles. The minimum Gasteiger partial charge on any atom is -0.378 e. The summed E-state index contributed by atoms with van der Waals surface area (Å²) in [7, 11) is 14.3. The van der Waals surface area contributed by atoms with Crippen LogP contribution < -0.4 is 36.0 Å². The van der Waals surface area contributed by atoms with Crippen LogP contribution in [0.2, 0.25) is 0 Å². The molecule has 0 aliphatic carbocycles. The van der Waals surface area contributed by atoms with Crippen molar-refractivity contribution in [3.05, 3.63) is 271 Å². The topological polar surface area (TPSA) is 373 Å². The largest absolute Gasteiger partial charge is 0.378 e. The van der Waals surface area contributed by atoms with Crippen LogP contribution in [0.15, 0.2) is 220 Å². The third kappa shape index (κ3) is 24.1. The van der Waals surface area contributed by atoms with Crippen LogP contribution >= 0.6 is 0 Å². The fourth-order valence-electron chi connectivity index (χ4n) is 17.9. The average Bonchev–Trinajstić information content (AvgIpc) is 1.67. The predicted octanol–water partition coefficient (Wildman–Crippen LogP) is 15.0. The van der Waals surface area contributed by atoms with Crippen molar-refractivity contribution in [3.63, 3.8) is 0 Å². The number of morpholine rings is 1. The lowest BCUT2D eigenvalue weighted by Gasteiger charge is -2.33. The summed E-state index contributed by atoms with van der Waals surface area (Å²) >= 11 is 0. The second-order valence-corrected chi connectivity index (χ2v) is 36.8. The number of nitrogens with zero attached hydrogens (tertiary/aromatic N) is 21. The number of piperidine rings is 2. The molecule has 0 saturated carbocycles. The van der Waals surface area contributed by atoms with E-state index in [4.69, 9.17) is 4.74 Å². The Balaban J connectivity index is 0.000000123. The SMILES string of the molecule is CN(C)Cc1cncc(-c2ccc3[nH]nc(C(=O)Nc4ccc(N5CCCCC5)nc4)c3c2)c1.CN(C)Cc1cncc(-c2ccc3[nH]nc(C(=O)Nc4ccc(N5CCN(C)CC5)nc4)c3c2)c1.CN(C)Cc1cncc(-c2ccc3[nH]nc(C(=O)Nc4ccc(N5CCOCC5)nc4)c3c2)c1.O=C(Nc1ccc(CN2CCC2)nc1)c1n[nH]c2ccc(-c3cncc(CN4CCCCC4)c3)cc12. The van der Waals surface area contributed by atoms with Crippen LogP contribution in [0.25, 0.3) is 88.1 Å². The zero-order valence-corrected chi connectivity index (χ0v) is 79.6. The molecule has 16 aromatic rings. The fraction of sp³-hybridized carbons (Fsp3) is 0.314. The van der Waals surface area contributed by atoms with Crippen molar-refractivity contribution < 1.29 is 23.9 Å². The predicted molar refractivity (Wildman–Crippen MR) is 546 cm³/mol. The van der Waals surface area contributed by atoms with Crippen LogP contribution in [0.1, 0.15) is 115 Å². The average molecular weight is 1870 g/mol. The first-order chi connectivity index (χ1) is 67.8. The van der Waals surface area contributed by atoms with Gasteiger partial charge in [0.05, 0.1) is 88.5 Å². The van der Waals surface area contributed by atoms with Crippen LogP contribution in [0.4, 0.5) is 40.2 Å². The van der Waals surface area contributed by atoms with Gasteiger partial charge in [0.1, 0.15) is 17.5 Å².